The van der Waals surface area contributed by atoms with Crippen molar-refractivity contribution in [2.45, 2.75) is 58.3 Å². The van der Waals surface area contributed by atoms with Crippen LogP contribution in [-0.2, 0) is 21.2 Å². The normalized spacial score (nSPS) is 11.6. The van der Waals surface area contributed by atoms with Crippen molar-refractivity contribution in [1.82, 2.24) is 9.97 Å². The van der Waals surface area contributed by atoms with Crippen molar-refractivity contribution in [1.29, 1.82) is 0 Å². The van der Waals surface area contributed by atoms with E-state index in [0.717, 1.165) is 36.8 Å². The van der Waals surface area contributed by atoms with Crippen LogP contribution < -0.4 is 4.72 Å². The number of hydrogen-bond acceptors (Lipinski definition) is 5. The summed E-state index contributed by atoms with van der Waals surface area (Å²) in [4.78, 5) is 19.5. The van der Waals surface area contributed by atoms with Crippen molar-refractivity contribution in [2.24, 2.45) is 0 Å². The van der Waals surface area contributed by atoms with Crippen LogP contribution in [0.5, 0.6) is 0 Å². The minimum atomic E-state index is -3.56. The predicted molar refractivity (Wildman–Crippen MR) is 114 cm³/mol. The van der Waals surface area contributed by atoms with Crippen LogP contribution >= 0.6 is 0 Å². The Kier molecular flexibility index (Phi) is 8.28. The summed E-state index contributed by atoms with van der Waals surface area (Å²) in [7, 11) is -3.56. The van der Waals surface area contributed by atoms with Crippen molar-refractivity contribution < 1.29 is 22.7 Å². The molecule has 0 saturated carbocycles. The molecule has 1 aromatic heterocycles. The van der Waals surface area contributed by atoms with Gasteiger partial charge in [0.05, 0.1) is 17.6 Å². The Bertz CT molecular complexity index is 976. The first-order valence-electron chi connectivity index (χ1n) is 9.93. The van der Waals surface area contributed by atoms with Gasteiger partial charge in [0, 0.05) is 17.5 Å². The third-order valence-corrected chi connectivity index (χ3v) is 5.10. The summed E-state index contributed by atoms with van der Waals surface area (Å²) in [5.41, 5.74) is 2.89. The number of carbonyl (C=O) groups is 1. The fourth-order valence-corrected chi connectivity index (χ4v) is 3.64. The number of halogens is 1. The van der Waals surface area contributed by atoms with Crippen LogP contribution in [-0.4, -0.2) is 35.7 Å². The maximum Gasteiger partial charge on any atom is 0.303 e. The highest BCUT2D eigenvalue weighted by molar-refractivity contribution is 7.91. The van der Waals surface area contributed by atoms with Crippen LogP contribution in [0.3, 0.4) is 0 Å². The Morgan fingerprint density at radius 2 is 1.73 bits per heavy atom. The van der Waals surface area contributed by atoms with Crippen LogP contribution in [0.15, 0.2) is 24.3 Å². The number of rotatable bonds is 11. The number of nitrogens with zero attached hydrogens (tertiary/aromatic N) is 2. The lowest BCUT2D eigenvalue weighted by Crippen LogP contribution is -2.15. The van der Waals surface area contributed by atoms with E-state index < -0.39 is 16.0 Å². The summed E-state index contributed by atoms with van der Waals surface area (Å²) >= 11 is 0. The summed E-state index contributed by atoms with van der Waals surface area (Å²) in [5, 5.41) is 8.74. The molecular weight excluding hydrogens is 409 g/mol. The number of aliphatic carboxylic acids is 1. The Morgan fingerprint density at radius 3 is 2.30 bits per heavy atom. The van der Waals surface area contributed by atoms with Crippen LogP contribution in [0.4, 0.5) is 10.3 Å². The molecule has 2 rings (SSSR count). The first-order chi connectivity index (χ1) is 14.1. The van der Waals surface area contributed by atoms with E-state index in [4.69, 9.17) is 5.11 Å². The molecule has 0 unspecified atom stereocenters. The quantitative estimate of drug-likeness (QED) is 0.506. The van der Waals surface area contributed by atoms with E-state index in [0.29, 0.717) is 24.1 Å². The molecule has 0 aliphatic carbocycles. The lowest BCUT2D eigenvalue weighted by Gasteiger charge is -2.18. The smallest absolute Gasteiger partial charge is 0.303 e. The number of aromatic nitrogens is 2. The number of hydrogen-bond donors (Lipinski definition) is 2. The first-order valence-corrected chi connectivity index (χ1v) is 11.8. The van der Waals surface area contributed by atoms with Gasteiger partial charge in [-0.3, -0.25) is 9.52 Å². The Hall–Kier alpha value is -2.55. The lowest BCUT2D eigenvalue weighted by atomic mass is 9.94. The van der Waals surface area contributed by atoms with Crippen molar-refractivity contribution >= 4 is 21.9 Å². The topological polar surface area (TPSA) is 109 Å². The van der Waals surface area contributed by atoms with E-state index in [1.807, 2.05) is 13.8 Å². The number of nitrogens with one attached hydrogen (secondary N) is 1. The van der Waals surface area contributed by atoms with Gasteiger partial charge in [-0.2, -0.15) is 0 Å². The van der Waals surface area contributed by atoms with E-state index in [1.54, 1.807) is 12.1 Å². The molecule has 0 fully saturated rings. The van der Waals surface area contributed by atoms with Gasteiger partial charge in [0.2, 0.25) is 16.0 Å². The minimum Gasteiger partial charge on any atom is -0.481 e. The molecule has 9 heteroatoms. The molecule has 0 aliphatic heterocycles. The number of carboxylic acids is 1. The van der Waals surface area contributed by atoms with Gasteiger partial charge in [-0.25, -0.2) is 22.8 Å². The Balaban J connectivity index is 2.38. The predicted octanol–water partition coefficient (Wildman–Crippen LogP) is 4.36. The van der Waals surface area contributed by atoms with E-state index in [2.05, 4.69) is 14.7 Å². The summed E-state index contributed by atoms with van der Waals surface area (Å²) in [6, 6.07) is 5.91. The van der Waals surface area contributed by atoms with Crippen molar-refractivity contribution in [3.8, 4) is 11.3 Å². The average molecular weight is 438 g/mol. The van der Waals surface area contributed by atoms with Gasteiger partial charge in [-0.1, -0.05) is 26.7 Å². The number of unbranched alkanes of at least 4 members (excludes halogenated alkanes) is 3. The van der Waals surface area contributed by atoms with E-state index >= 15 is 0 Å². The fourth-order valence-electron chi connectivity index (χ4n) is 3.21. The molecule has 0 radical (unpaired) electrons. The second kappa shape index (κ2) is 10.5. The van der Waals surface area contributed by atoms with Crippen molar-refractivity contribution in [3.05, 3.63) is 41.3 Å². The molecule has 2 N–H and O–H groups in total. The lowest BCUT2D eigenvalue weighted by molar-refractivity contribution is -0.137. The van der Waals surface area contributed by atoms with Crippen LogP contribution in [0.25, 0.3) is 11.3 Å². The molecule has 0 amide bonds. The molecule has 7 nitrogen and oxygen atoms in total. The van der Waals surface area contributed by atoms with Crippen LogP contribution in [0.1, 0.15) is 63.1 Å². The van der Waals surface area contributed by atoms with Crippen LogP contribution in [0, 0.1) is 5.82 Å². The van der Waals surface area contributed by atoms with Gasteiger partial charge < -0.3 is 5.11 Å². The third-order valence-electron chi connectivity index (χ3n) is 4.55. The number of benzene rings is 1. The monoisotopic (exact) mass is 437 g/mol. The van der Waals surface area contributed by atoms with E-state index in [9.17, 15) is 17.6 Å². The average Bonchev–Trinajstić information content (AvgIpc) is 2.64. The zero-order valence-corrected chi connectivity index (χ0v) is 18.3. The molecule has 30 heavy (non-hydrogen) atoms. The molecule has 2 aromatic rings. The van der Waals surface area contributed by atoms with Crippen molar-refractivity contribution in [2.75, 3.05) is 11.0 Å². The van der Waals surface area contributed by atoms with Gasteiger partial charge in [0.25, 0.3) is 0 Å². The van der Waals surface area contributed by atoms with Gasteiger partial charge in [-0.05, 0) is 49.4 Å². The Morgan fingerprint density at radius 1 is 1.10 bits per heavy atom. The summed E-state index contributed by atoms with van der Waals surface area (Å²) in [6.07, 6.45) is 4.97. The van der Waals surface area contributed by atoms with Crippen molar-refractivity contribution in [3.63, 3.8) is 0 Å². The maximum absolute atomic E-state index is 13.4. The largest absolute Gasteiger partial charge is 0.481 e. The summed E-state index contributed by atoms with van der Waals surface area (Å²) in [6.45, 7) is 3.94. The molecule has 1 heterocycles. The van der Waals surface area contributed by atoms with E-state index in [1.165, 1.54) is 12.1 Å². The SMILES string of the molecule is CC(C)c1nc(NS(C)(=O)=O)nc(-c2ccc(F)cc2)c1CCCCCCC(=O)O. The molecule has 0 spiro atoms. The number of anilines is 1. The van der Waals surface area contributed by atoms with Gasteiger partial charge in [-0.15, -0.1) is 0 Å². The molecule has 0 atom stereocenters. The zero-order chi connectivity index (χ0) is 22.3. The molecule has 0 aliphatic rings. The summed E-state index contributed by atoms with van der Waals surface area (Å²) < 4.78 is 39.2. The number of sulfonamides is 1. The summed E-state index contributed by atoms with van der Waals surface area (Å²) in [5.74, 6) is -1.15. The van der Waals surface area contributed by atoms with Crippen LogP contribution in [0.2, 0.25) is 0 Å². The second-order valence-corrected chi connectivity index (χ2v) is 9.35. The highest BCUT2D eigenvalue weighted by atomic mass is 32.2. The first kappa shape index (κ1) is 23.7. The van der Waals surface area contributed by atoms with Gasteiger partial charge in [0.15, 0.2) is 0 Å². The standard InChI is InChI=1S/C21H28FN3O4S/c1-14(2)19-17(8-6-4-5-7-9-18(26)27)20(15-10-12-16(22)13-11-15)24-21(23-19)25-30(3,28)29/h10-14H,4-9H2,1-3H3,(H,26,27)(H,23,24,25). The molecule has 164 valence electrons. The van der Waals surface area contributed by atoms with Gasteiger partial charge >= 0.3 is 5.97 Å². The van der Waals surface area contributed by atoms with Gasteiger partial charge in [0.1, 0.15) is 5.82 Å². The molecule has 1 aromatic carbocycles. The fraction of sp³-hybridized carbons (Fsp3) is 0.476. The number of carboxylic acid groups (broad SMARTS) is 1. The highest BCUT2D eigenvalue weighted by Crippen LogP contribution is 2.31. The zero-order valence-electron chi connectivity index (χ0n) is 17.5. The highest BCUT2D eigenvalue weighted by Gasteiger charge is 2.19. The minimum absolute atomic E-state index is 0.00858. The molecule has 0 saturated heterocycles. The molecular formula is C21H28FN3O4S. The Labute approximate surface area is 176 Å². The molecule has 0 bridgehead atoms. The maximum atomic E-state index is 13.4. The third kappa shape index (κ3) is 7.37. The second-order valence-electron chi connectivity index (χ2n) is 7.60. The van der Waals surface area contributed by atoms with E-state index in [-0.39, 0.29) is 24.1 Å².